The van der Waals surface area contributed by atoms with Crippen LogP contribution < -0.4 is 4.90 Å². The summed E-state index contributed by atoms with van der Waals surface area (Å²) in [7, 11) is 1.96. The third kappa shape index (κ3) is 1.79. The molecule has 0 aliphatic carbocycles. The molecular formula is C14H15N5S. The van der Waals surface area contributed by atoms with Gasteiger partial charge in [0.1, 0.15) is 17.0 Å². The summed E-state index contributed by atoms with van der Waals surface area (Å²) in [6.45, 7) is 1.04. The van der Waals surface area contributed by atoms with E-state index in [0.29, 0.717) is 6.04 Å². The molecule has 0 unspecified atom stereocenters. The van der Waals surface area contributed by atoms with Gasteiger partial charge in [0.15, 0.2) is 0 Å². The summed E-state index contributed by atoms with van der Waals surface area (Å²) in [6.07, 6.45) is 8.09. The van der Waals surface area contributed by atoms with Crippen molar-refractivity contribution in [3.8, 4) is 0 Å². The van der Waals surface area contributed by atoms with Crippen molar-refractivity contribution in [3.05, 3.63) is 35.7 Å². The number of hydrogen-bond donors (Lipinski definition) is 0. The molecule has 3 aromatic heterocycles. The van der Waals surface area contributed by atoms with Crippen LogP contribution in [-0.2, 0) is 7.05 Å². The summed E-state index contributed by atoms with van der Waals surface area (Å²) in [6, 6.07) is 2.50. The molecule has 0 bridgehead atoms. The Morgan fingerprint density at radius 2 is 2.30 bits per heavy atom. The lowest BCUT2D eigenvalue weighted by Gasteiger charge is -2.25. The minimum atomic E-state index is 0.377. The molecule has 1 saturated heterocycles. The van der Waals surface area contributed by atoms with Gasteiger partial charge in [-0.25, -0.2) is 9.97 Å². The van der Waals surface area contributed by atoms with E-state index in [-0.39, 0.29) is 0 Å². The predicted molar refractivity (Wildman–Crippen MR) is 79.9 cm³/mol. The Kier molecular flexibility index (Phi) is 2.70. The van der Waals surface area contributed by atoms with Gasteiger partial charge in [-0.15, -0.1) is 11.3 Å². The van der Waals surface area contributed by atoms with Gasteiger partial charge in [0.25, 0.3) is 0 Å². The second-order valence-electron chi connectivity index (χ2n) is 5.14. The Morgan fingerprint density at radius 1 is 1.35 bits per heavy atom. The van der Waals surface area contributed by atoms with E-state index in [1.165, 1.54) is 12.0 Å². The first kappa shape index (κ1) is 11.8. The molecule has 0 radical (unpaired) electrons. The number of aromatic nitrogens is 4. The van der Waals surface area contributed by atoms with Crippen LogP contribution in [0.15, 0.2) is 30.2 Å². The van der Waals surface area contributed by atoms with Gasteiger partial charge in [-0.05, 0) is 24.3 Å². The minimum Gasteiger partial charge on any atom is -0.349 e. The number of aryl methyl sites for hydroxylation is 1. The Morgan fingerprint density at radius 3 is 3.15 bits per heavy atom. The van der Waals surface area contributed by atoms with Crippen molar-refractivity contribution in [1.82, 2.24) is 19.7 Å². The molecule has 0 N–H and O–H groups in total. The SMILES string of the molecule is Cn1cc([C@@H]2CCCN2c2ncnc3sccc23)cn1. The maximum absolute atomic E-state index is 4.54. The number of rotatable bonds is 2. The molecular weight excluding hydrogens is 270 g/mol. The highest BCUT2D eigenvalue weighted by atomic mass is 32.1. The second kappa shape index (κ2) is 4.56. The van der Waals surface area contributed by atoms with Gasteiger partial charge < -0.3 is 4.90 Å². The number of hydrogen-bond acceptors (Lipinski definition) is 5. The van der Waals surface area contributed by atoms with Gasteiger partial charge in [-0.3, -0.25) is 4.68 Å². The van der Waals surface area contributed by atoms with Crippen LogP contribution in [0.2, 0.25) is 0 Å². The molecule has 1 fully saturated rings. The van der Waals surface area contributed by atoms with Crippen LogP contribution >= 0.6 is 11.3 Å². The zero-order valence-electron chi connectivity index (χ0n) is 11.2. The summed E-state index contributed by atoms with van der Waals surface area (Å²) in [5, 5.41) is 7.54. The zero-order valence-corrected chi connectivity index (χ0v) is 12.0. The monoisotopic (exact) mass is 285 g/mol. The number of nitrogens with zero attached hydrogens (tertiary/aromatic N) is 5. The van der Waals surface area contributed by atoms with Crippen molar-refractivity contribution in [1.29, 1.82) is 0 Å². The van der Waals surface area contributed by atoms with E-state index in [1.807, 2.05) is 17.9 Å². The van der Waals surface area contributed by atoms with E-state index < -0.39 is 0 Å². The van der Waals surface area contributed by atoms with Crippen LogP contribution in [0, 0.1) is 0 Å². The van der Waals surface area contributed by atoms with E-state index in [4.69, 9.17) is 0 Å². The molecule has 1 aliphatic rings. The molecule has 0 saturated carbocycles. The number of fused-ring (bicyclic) bond motifs is 1. The van der Waals surface area contributed by atoms with Crippen molar-refractivity contribution in [3.63, 3.8) is 0 Å². The molecule has 0 spiro atoms. The average molecular weight is 285 g/mol. The van der Waals surface area contributed by atoms with Gasteiger partial charge in [0, 0.05) is 25.4 Å². The predicted octanol–water partition coefficient (Wildman–Crippen LogP) is 2.77. The van der Waals surface area contributed by atoms with Crippen LogP contribution in [0.1, 0.15) is 24.4 Å². The number of thiophene rings is 1. The van der Waals surface area contributed by atoms with Crippen LogP contribution in [-0.4, -0.2) is 26.3 Å². The van der Waals surface area contributed by atoms with Crippen molar-refractivity contribution in [2.24, 2.45) is 7.05 Å². The smallest absolute Gasteiger partial charge is 0.141 e. The maximum Gasteiger partial charge on any atom is 0.141 e. The van der Waals surface area contributed by atoms with E-state index >= 15 is 0 Å². The molecule has 3 aromatic rings. The van der Waals surface area contributed by atoms with Crippen LogP contribution in [0.4, 0.5) is 5.82 Å². The highest BCUT2D eigenvalue weighted by Crippen LogP contribution is 2.38. The van der Waals surface area contributed by atoms with Gasteiger partial charge in [-0.1, -0.05) is 0 Å². The summed E-state index contributed by atoms with van der Waals surface area (Å²) < 4.78 is 1.87. The van der Waals surface area contributed by atoms with Crippen molar-refractivity contribution in [2.75, 3.05) is 11.4 Å². The fourth-order valence-electron chi connectivity index (χ4n) is 2.98. The first-order valence-electron chi connectivity index (χ1n) is 6.76. The molecule has 4 rings (SSSR count). The quantitative estimate of drug-likeness (QED) is 0.726. The van der Waals surface area contributed by atoms with Gasteiger partial charge >= 0.3 is 0 Å². The van der Waals surface area contributed by atoms with E-state index in [9.17, 15) is 0 Å². The second-order valence-corrected chi connectivity index (χ2v) is 6.03. The minimum absolute atomic E-state index is 0.377. The Hall–Kier alpha value is -1.95. The molecule has 0 aromatic carbocycles. The molecule has 1 aliphatic heterocycles. The molecule has 102 valence electrons. The van der Waals surface area contributed by atoms with E-state index in [2.05, 4.69) is 37.6 Å². The van der Waals surface area contributed by atoms with Gasteiger partial charge in [0.05, 0.1) is 17.6 Å². The summed E-state index contributed by atoms with van der Waals surface area (Å²) in [4.78, 5) is 12.3. The molecule has 1 atom stereocenters. The lowest BCUT2D eigenvalue weighted by Crippen LogP contribution is -2.23. The zero-order chi connectivity index (χ0) is 13.5. The first-order chi connectivity index (χ1) is 9.83. The molecule has 0 amide bonds. The van der Waals surface area contributed by atoms with Gasteiger partial charge in [0.2, 0.25) is 0 Å². The summed E-state index contributed by atoms with van der Waals surface area (Å²) >= 11 is 1.67. The lowest BCUT2D eigenvalue weighted by molar-refractivity contribution is 0.709. The highest BCUT2D eigenvalue weighted by Gasteiger charge is 2.29. The fourth-order valence-corrected chi connectivity index (χ4v) is 3.71. The topological polar surface area (TPSA) is 46.8 Å². The third-order valence-corrected chi connectivity index (χ3v) is 4.70. The highest BCUT2D eigenvalue weighted by molar-refractivity contribution is 7.16. The van der Waals surface area contributed by atoms with E-state index in [0.717, 1.165) is 29.0 Å². The summed E-state index contributed by atoms with van der Waals surface area (Å²) in [5.74, 6) is 1.06. The first-order valence-corrected chi connectivity index (χ1v) is 7.64. The van der Waals surface area contributed by atoms with Gasteiger partial charge in [-0.2, -0.15) is 5.10 Å². The fraction of sp³-hybridized carbons (Fsp3) is 0.357. The Balaban J connectivity index is 1.78. The van der Waals surface area contributed by atoms with Crippen LogP contribution in [0.5, 0.6) is 0 Å². The van der Waals surface area contributed by atoms with Crippen molar-refractivity contribution >= 4 is 27.4 Å². The molecule has 6 heteroatoms. The average Bonchev–Trinajstić information content (AvgIpc) is 3.17. The van der Waals surface area contributed by atoms with Crippen LogP contribution in [0.25, 0.3) is 10.2 Å². The van der Waals surface area contributed by atoms with Crippen LogP contribution in [0.3, 0.4) is 0 Å². The van der Waals surface area contributed by atoms with E-state index in [1.54, 1.807) is 17.7 Å². The molecule has 4 heterocycles. The largest absolute Gasteiger partial charge is 0.349 e. The summed E-state index contributed by atoms with van der Waals surface area (Å²) in [5.41, 5.74) is 1.27. The standard InChI is InChI=1S/C14H15N5S/c1-18-8-10(7-17-18)12-3-2-5-19(12)13-11-4-6-20-14(11)16-9-15-13/h4,6-9,12H,2-3,5H2,1H3/t12-/m0/s1. The Labute approximate surface area is 120 Å². The lowest BCUT2D eigenvalue weighted by atomic mass is 10.1. The maximum atomic E-state index is 4.54. The normalized spacial score (nSPS) is 19.1. The third-order valence-electron chi connectivity index (χ3n) is 3.88. The Bertz CT molecular complexity index is 747. The van der Waals surface area contributed by atoms with Crippen molar-refractivity contribution in [2.45, 2.75) is 18.9 Å². The molecule has 5 nitrogen and oxygen atoms in total. The number of anilines is 1. The van der Waals surface area contributed by atoms with Crippen molar-refractivity contribution < 1.29 is 0 Å². The molecule has 20 heavy (non-hydrogen) atoms.